The molecule has 7 nitrogen and oxygen atoms in total. The molecular formula is C20H25FN2O5S2. The zero-order valence-electron chi connectivity index (χ0n) is 16.8. The molecule has 0 amide bonds. The number of nitrogens with one attached hydrogen (secondary N) is 1. The standard InChI is InChI=1S/C20H25FN2O5S2/c1-15(2)28-20-10-9-18(30(26,27)23-11-4-3-5-12-23)14-19(20)22-29(24,25)17-8-6-7-16(21)13-17/h6-10,13-15,22H,3-5,11-12H2,1-2H3. The Bertz CT molecular complexity index is 1110. The van der Waals surface area contributed by atoms with Crippen LogP contribution in [-0.4, -0.2) is 40.3 Å². The fourth-order valence-corrected chi connectivity index (χ4v) is 5.83. The highest BCUT2D eigenvalue weighted by Gasteiger charge is 2.28. The third kappa shape index (κ3) is 5.11. The molecule has 1 fully saturated rings. The van der Waals surface area contributed by atoms with Crippen LogP contribution in [0.3, 0.4) is 0 Å². The van der Waals surface area contributed by atoms with E-state index >= 15 is 0 Å². The van der Waals surface area contributed by atoms with E-state index in [1.54, 1.807) is 13.8 Å². The molecule has 10 heteroatoms. The number of nitrogens with zero attached hydrogens (tertiary/aromatic N) is 1. The molecule has 0 atom stereocenters. The van der Waals surface area contributed by atoms with E-state index in [0.29, 0.717) is 13.1 Å². The molecule has 3 rings (SSSR count). The van der Waals surface area contributed by atoms with E-state index in [2.05, 4.69) is 4.72 Å². The van der Waals surface area contributed by atoms with Crippen LogP contribution < -0.4 is 9.46 Å². The van der Waals surface area contributed by atoms with Gasteiger partial charge in [0.2, 0.25) is 10.0 Å². The summed E-state index contributed by atoms with van der Waals surface area (Å²) in [5.74, 6) is -0.513. The summed E-state index contributed by atoms with van der Waals surface area (Å²) in [6.07, 6.45) is 2.28. The normalized spacial score (nSPS) is 15.9. The lowest BCUT2D eigenvalue weighted by molar-refractivity contribution is 0.243. The van der Waals surface area contributed by atoms with Crippen LogP contribution in [-0.2, 0) is 20.0 Å². The van der Waals surface area contributed by atoms with Crippen molar-refractivity contribution in [2.24, 2.45) is 0 Å². The summed E-state index contributed by atoms with van der Waals surface area (Å²) in [7, 11) is -7.93. The molecule has 2 aromatic carbocycles. The van der Waals surface area contributed by atoms with E-state index in [9.17, 15) is 21.2 Å². The van der Waals surface area contributed by atoms with Gasteiger partial charge in [0.25, 0.3) is 10.0 Å². The summed E-state index contributed by atoms with van der Waals surface area (Å²) in [6, 6.07) is 8.65. The summed E-state index contributed by atoms with van der Waals surface area (Å²) in [5.41, 5.74) is -0.0222. The minimum atomic E-state index is -4.16. The molecule has 0 radical (unpaired) electrons. The van der Waals surface area contributed by atoms with Gasteiger partial charge in [0.15, 0.2) is 0 Å². The second kappa shape index (κ2) is 8.91. The predicted octanol–water partition coefficient (Wildman–Crippen LogP) is 3.59. The topological polar surface area (TPSA) is 92.8 Å². The van der Waals surface area contributed by atoms with Crippen molar-refractivity contribution < 1.29 is 26.0 Å². The Hall–Kier alpha value is -2.17. The largest absolute Gasteiger partial charge is 0.489 e. The monoisotopic (exact) mass is 456 g/mol. The minimum Gasteiger partial charge on any atom is -0.489 e. The fraction of sp³-hybridized carbons (Fsp3) is 0.400. The Kier molecular flexibility index (Phi) is 6.68. The van der Waals surface area contributed by atoms with Gasteiger partial charge in [-0.1, -0.05) is 12.5 Å². The van der Waals surface area contributed by atoms with Crippen LogP contribution in [0, 0.1) is 5.82 Å². The van der Waals surface area contributed by atoms with Gasteiger partial charge < -0.3 is 4.74 Å². The molecule has 1 saturated heterocycles. The molecule has 164 valence electrons. The lowest BCUT2D eigenvalue weighted by Gasteiger charge is -2.26. The van der Waals surface area contributed by atoms with Crippen LogP contribution >= 0.6 is 0 Å². The van der Waals surface area contributed by atoms with E-state index in [4.69, 9.17) is 4.74 Å². The maximum atomic E-state index is 13.5. The number of anilines is 1. The van der Waals surface area contributed by atoms with Crippen molar-refractivity contribution in [1.29, 1.82) is 0 Å². The zero-order chi connectivity index (χ0) is 21.9. The molecule has 1 aliphatic rings. The van der Waals surface area contributed by atoms with Crippen LogP contribution in [0.25, 0.3) is 0 Å². The Morgan fingerprint density at radius 2 is 1.67 bits per heavy atom. The molecule has 0 aromatic heterocycles. The number of ether oxygens (including phenoxy) is 1. The molecule has 1 N–H and O–H groups in total. The van der Waals surface area contributed by atoms with Crippen LogP contribution in [0.4, 0.5) is 10.1 Å². The van der Waals surface area contributed by atoms with Gasteiger partial charge in [0.05, 0.1) is 21.6 Å². The zero-order valence-corrected chi connectivity index (χ0v) is 18.5. The number of piperidine rings is 1. The Balaban J connectivity index is 2.01. The predicted molar refractivity (Wildman–Crippen MR) is 112 cm³/mol. The highest BCUT2D eigenvalue weighted by atomic mass is 32.2. The van der Waals surface area contributed by atoms with Gasteiger partial charge >= 0.3 is 0 Å². The van der Waals surface area contributed by atoms with Crippen molar-refractivity contribution in [3.63, 3.8) is 0 Å². The van der Waals surface area contributed by atoms with Gasteiger partial charge in [-0.2, -0.15) is 4.31 Å². The van der Waals surface area contributed by atoms with E-state index in [0.717, 1.165) is 31.4 Å². The van der Waals surface area contributed by atoms with Crippen LogP contribution in [0.15, 0.2) is 52.3 Å². The quantitative estimate of drug-likeness (QED) is 0.687. The van der Waals surface area contributed by atoms with Crippen LogP contribution in [0.5, 0.6) is 5.75 Å². The summed E-state index contributed by atoms with van der Waals surface area (Å²) in [5, 5.41) is 0. The van der Waals surface area contributed by atoms with E-state index in [1.807, 2.05) is 0 Å². The Morgan fingerprint density at radius 3 is 2.30 bits per heavy atom. The first-order chi connectivity index (χ1) is 14.1. The average molecular weight is 457 g/mol. The summed E-state index contributed by atoms with van der Waals surface area (Å²) in [6.45, 7) is 4.39. The third-order valence-electron chi connectivity index (χ3n) is 4.62. The second-order valence-corrected chi connectivity index (χ2v) is 11.0. The highest BCUT2D eigenvalue weighted by Crippen LogP contribution is 2.32. The van der Waals surface area contributed by atoms with Gasteiger partial charge in [-0.15, -0.1) is 0 Å². The smallest absolute Gasteiger partial charge is 0.262 e. The molecule has 0 bridgehead atoms. The van der Waals surface area contributed by atoms with E-state index < -0.39 is 25.9 Å². The molecule has 1 aliphatic heterocycles. The molecular weight excluding hydrogens is 431 g/mol. The fourth-order valence-electron chi connectivity index (χ4n) is 3.20. The Labute approximate surface area is 177 Å². The first-order valence-electron chi connectivity index (χ1n) is 9.69. The number of hydrogen-bond donors (Lipinski definition) is 1. The number of rotatable bonds is 7. The molecule has 30 heavy (non-hydrogen) atoms. The van der Waals surface area contributed by atoms with E-state index in [-0.39, 0.29) is 27.3 Å². The molecule has 1 heterocycles. The van der Waals surface area contributed by atoms with Gasteiger partial charge in [-0.05, 0) is 63.1 Å². The van der Waals surface area contributed by atoms with Crippen molar-refractivity contribution in [3.8, 4) is 5.75 Å². The lowest BCUT2D eigenvalue weighted by atomic mass is 10.2. The van der Waals surface area contributed by atoms with Gasteiger partial charge in [0, 0.05) is 13.1 Å². The van der Waals surface area contributed by atoms with Gasteiger partial charge in [-0.25, -0.2) is 21.2 Å². The first-order valence-corrected chi connectivity index (χ1v) is 12.6. The molecule has 0 spiro atoms. The molecule has 2 aromatic rings. The summed E-state index contributed by atoms with van der Waals surface area (Å²) >= 11 is 0. The second-order valence-electron chi connectivity index (χ2n) is 7.35. The SMILES string of the molecule is CC(C)Oc1ccc(S(=O)(=O)N2CCCCC2)cc1NS(=O)(=O)c1cccc(F)c1. The maximum absolute atomic E-state index is 13.5. The average Bonchev–Trinajstić information content (AvgIpc) is 2.69. The van der Waals surface area contributed by atoms with Crippen molar-refractivity contribution in [2.75, 3.05) is 17.8 Å². The molecule has 0 saturated carbocycles. The molecule has 0 aliphatic carbocycles. The first kappa shape index (κ1) is 22.5. The minimum absolute atomic E-state index is 0.0222. The Morgan fingerprint density at radius 1 is 0.967 bits per heavy atom. The number of sulfonamides is 2. The van der Waals surface area contributed by atoms with Crippen LogP contribution in [0.1, 0.15) is 33.1 Å². The van der Waals surface area contributed by atoms with Crippen molar-refractivity contribution >= 4 is 25.7 Å². The number of hydrogen-bond acceptors (Lipinski definition) is 5. The maximum Gasteiger partial charge on any atom is 0.262 e. The number of halogens is 1. The van der Waals surface area contributed by atoms with Crippen LogP contribution in [0.2, 0.25) is 0 Å². The summed E-state index contributed by atoms with van der Waals surface area (Å²) in [4.78, 5) is -0.306. The van der Waals surface area contributed by atoms with Crippen molar-refractivity contribution in [1.82, 2.24) is 4.31 Å². The lowest BCUT2D eigenvalue weighted by Crippen LogP contribution is -2.35. The van der Waals surface area contributed by atoms with Gasteiger partial charge in [-0.3, -0.25) is 4.72 Å². The third-order valence-corrected chi connectivity index (χ3v) is 7.88. The summed E-state index contributed by atoms with van der Waals surface area (Å²) < 4.78 is 74.5. The van der Waals surface area contributed by atoms with E-state index in [1.165, 1.54) is 34.6 Å². The number of benzene rings is 2. The van der Waals surface area contributed by atoms with Gasteiger partial charge in [0.1, 0.15) is 11.6 Å². The molecule has 0 unspecified atom stereocenters. The van der Waals surface area contributed by atoms with Crippen molar-refractivity contribution in [3.05, 3.63) is 48.3 Å². The highest BCUT2D eigenvalue weighted by molar-refractivity contribution is 7.92. The van der Waals surface area contributed by atoms with Crippen molar-refractivity contribution in [2.45, 2.75) is 49.0 Å².